The van der Waals surface area contributed by atoms with E-state index in [4.69, 9.17) is 24.7 Å². The minimum atomic E-state index is -0.862. The predicted molar refractivity (Wildman–Crippen MR) is 54.6 cm³/mol. The molecule has 0 radical (unpaired) electrons. The van der Waals surface area contributed by atoms with Gasteiger partial charge in [-0.25, -0.2) is 0 Å². The fourth-order valence-electron chi connectivity index (χ4n) is 2.24. The second-order valence-electron chi connectivity index (χ2n) is 4.57. The second kappa shape index (κ2) is 4.21. The van der Waals surface area contributed by atoms with Crippen LogP contribution in [0.25, 0.3) is 0 Å². The summed E-state index contributed by atoms with van der Waals surface area (Å²) in [4.78, 5) is 0. The van der Waals surface area contributed by atoms with Crippen LogP contribution in [0.3, 0.4) is 0 Å². The van der Waals surface area contributed by atoms with Crippen LogP contribution < -0.4 is 5.73 Å². The predicted octanol–water partition coefficient (Wildman–Crippen LogP) is -0.803. The lowest BCUT2D eigenvalue weighted by molar-refractivity contribution is -0.266. The highest BCUT2D eigenvalue weighted by atomic mass is 16.8. The van der Waals surface area contributed by atoms with E-state index in [-0.39, 0.29) is 12.2 Å². The van der Waals surface area contributed by atoms with Crippen molar-refractivity contribution in [2.75, 3.05) is 13.7 Å². The number of hydrogen-bond acceptors (Lipinski definition) is 6. The van der Waals surface area contributed by atoms with Crippen molar-refractivity contribution in [3.8, 4) is 0 Å². The zero-order valence-electron chi connectivity index (χ0n) is 9.75. The first-order valence-electron chi connectivity index (χ1n) is 5.40. The Balaban J connectivity index is 2.18. The van der Waals surface area contributed by atoms with Gasteiger partial charge in [-0.3, -0.25) is 0 Å². The fourth-order valence-corrected chi connectivity index (χ4v) is 2.24. The fraction of sp³-hybridized carbons (Fsp3) is 1.00. The van der Waals surface area contributed by atoms with Crippen molar-refractivity contribution in [3.63, 3.8) is 0 Å². The van der Waals surface area contributed by atoms with E-state index >= 15 is 0 Å². The largest absolute Gasteiger partial charge is 0.385 e. The van der Waals surface area contributed by atoms with Gasteiger partial charge in [0, 0.05) is 13.7 Å². The summed E-state index contributed by atoms with van der Waals surface area (Å²) < 4.78 is 21.9. The van der Waals surface area contributed by atoms with Crippen molar-refractivity contribution in [3.05, 3.63) is 0 Å². The second-order valence-corrected chi connectivity index (χ2v) is 4.57. The van der Waals surface area contributed by atoms with E-state index in [1.807, 2.05) is 0 Å². The molecule has 0 aliphatic carbocycles. The SMILES string of the molecule is CO[C@@H]1O[C@H](CN)[C@@H]2OC(C)(C)O[C@@H]2[C@H]1O. The van der Waals surface area contributed by atoms with Crippen molar-refractivity contribution in [1.29, 1.82) is 0 Å². The lowest BCUT2D eigenvalue weighted by atomic mass is 9.99. The Bertz CT molecular complexity index is 260. The molecule has 0 aromatic rings. The van der Waals surface area contributed by atoms with Gasteiger partial charge >= 0.3 is 0 Å². The number of ether oxygens (including phenoxy) is 4. The minimum Gasteiger partial charge on any atom is -0.385 e. The highest BCUT2D eigenvalue weighted by molar-refractivity contribution is 4.96. The number of methoxy groups -OCH3 is 1. The molecule has 0 aromatic carbocycles. The van der Waals surface area contributed by atoms with Crippen molar-refractivity contribution in [2.45, 2.75) is 50.3 Å². The summed E-state index contributed by atoms with van der Waals surface area (Å²) in [5.74, 6) is -0.726. The van der Waals surface area contributed by atoms with Gasteiger partial charge in [0.15, 0.2) is 12.1 Å². The third-order valence-electron chi connectivity index (χ3n) is 2.92. The van der Waals surface area contributed by atoms with Crippen LogP contribution in [0.4, 0.5) is 0 Å². The Hall–Kier alpha value is -0.240. The smallest absolute Gasteiger partial charge is 0.186 e. The molecule has 2 rings (SSSR count). The normalized spacial score (nSPS) is 46.7. The number of rotatable bonds is 2. The van der Waals surface area contributed by atoms with Gasteiger partial charge in [-0.2, -0.15) is 0 Å². The van der Waals surface area contributed by atoms with Crippen LogP contribution in [-0.4, -0.2) is 55.3 Å². The van der Waals surface area contributed by atoms with Gasteiger partial charge in [-0.15, -0.1) is 0 Å². The van der Waals surface area contributed by atoms with Gasteiger partial charge in [0.05, 0.1) is 0 Å². The Morgan fingerprint density at radius 2 is 1.94 bits per heavy atom. The van der Waals surface area contributed by atoms with Crippen LogP contribution in [0.2, 0.25) is 0 Å². The van der Waals surface area contributed by atoms with Crippen molar-refractivity contribution in [1.82, 2.24) is 0 Å². The average Bonchev–Trinajstić information content (AvgIpc) is 2.55. The molecule has 0 amide bonds. The first kappa shape index (κ1) is 12.2. The van der Waals surface area contributed by atoms with E-state index in [1.165, 1.54) is 7.11 Å². The van der Waals surface area contributed by atoms with E-state index in [2.05, 4.69) is 0 Å². The quantitative estimate of drug-likeness (QED) is 0.649. The van der Waals surface area contributed by atoms with E-state index in [0.29, 0.717) is 6.54 Å². The summed E-state index contributed by atoms with van der Waals surface area (Å²) in [6, 6.07) is 0. The van der Waals surface area contributed by atoms with Crippen molar-refractivity contribution in [2.24, 2.45) is 5.73 Å². The summed E-state index contributed by atoms with van der Waals surface area (Å²) >= 11 is 0. The monoisotopic (exact) mass is 233 g/mol. The molecule has 2 saturated heterocycles. The molecule has 2 fully saturated rings. The topological polar surface area (TPSA) is 83.2 Å². The number of aliphatic hydroxyl groups excluding tert-OH is 1. The van der Waals surface area contributed by atoms with Gasteiger partial charge in [0.25, 0.3) is 0 Å². The third-order valence-corrected chi connectivity index (χ3v) is 2.92. The van der Waals surface area contributed by atoms with Gasteiger partial charge in [0.2, 0.25) is 0 Å². The molecule has 2 aliphatic heterocycles. The van der Waals surface area contributed by atoms with Crippen LogP contribution >= 0.6 is 0 Å². The molecular formula is C10H19NO5. The molecule has 0 saturated carbocycles. The van der Waals surface area contributed by atoms with Gasteiger partial charge in [-0.05, 0) is 13.8 Å². The molecule has 0 unspecified atom stereocenters. The first-order chi connectivity index (χ1) is 7.48. The first-order valence-corrected chi connectivity index (χ1v) is 5.40. The number of aliphatic hydroxyl groups is 1. The van der Waals surface area contributed by atoms with Gasteiger partial charge in [0.1, 0.15) is 24.4 Å². The Morgan fingerprint density at radius 1 is 1.31 bits per heavy atom. The zero-order chi connectivity index (χ0) is 11.9. The van der Waals surface area contributed by atoms with E-state index < -0.39 is 24.3 Å². The molecule has 0 aromatic heterocycles. The molecular weight excluding hydrogens is 214 g/mol. The highest BCUT2D eigenvalue weighted by Crippen LogP contribution is 2.37. The van der Waals surface area contributed by atoms with Crippen molar-refractivity contribution >= 4 is 0 Å². The third kappa shape index (κ3) is 1.97. The molecule has 0 spiro atoms. The lowest BCUT2D eigenvalue weighted by Gasteiger charge is -2.38. The van der Waals surface area contributed by atoms with Crippen LogP contribution in [0.1, 0.15) is 13.8 Å². The number of nitrogens with two attached hydrogens (primary N) is 1. The molecule has 6 nitrogen and oxygen atoms in total. The Kier molecular flexibility index (Phi) is 3.22. The van der Waals surface area contributed by atoms with Crippen LogP contribution in [0.5, 0.6) is 0 Å². The molecule has 6 heteroatoms. The molecule has 94 valence electrons. The molecule has 0 bridgehead atoms. The molecule has 3 N–H and O–H groups in total. The summed E-state index contributed by atoms with van der Waals surface area (Å²) in [6.45, 7) is 3.90. The van der Waals surface area contributed by atoms with Crippen LogP contribution in [0.15, 0.2) is 0 Å². The average molecular weight is 233 g/mol. The minimum absolute atomic E-state index is 0.299. The van der Waals surface area contributed by atoms with E-state index in [9.17, 15) is 5.11 Å². The Labute approximate surface area is 94.6 Å². The maximum absolute atomic E-state index is 9.99. The van der Waals surface area contributed by atoms with Crippen LogP contribution in [0, 0.1) is 0 Å². The zero-order valence-corrected chi connectivity index (χ0v) is 9.75. The molecule has 5 atom stereocenters. The summed E-state index contributed by atoms with van der Waals surface area (Å²) in [7, 11) is 1.47. The van der Waals surface area contributed by atoms with E-state index in [1.54, 1.807) is 13.8 Å². The van der Waals surface area contributed by atoms with Crippen LogP contribution in [-0.2, 0) is 18.9 Å². The highest BCUT2D eigenvalue weighted by Gasteiger charge is 2.54. The number of fused-ring (bicyclic) bond motifs is 1. The van der Waals surface area contributed by atoms with Gasteiger partial charge in [-0.1, -0.05) is 0 Å². The maximum atomic E-state index is 9.99. The van der Waals surface area contributed by atoms with E-state index in [0.717, 1.165) is 0 Å². The standard InChI is InChI=1S/C10H19NO5/c1-10(2)15-7-5(4-11)14-9(13-3)6(12)8(7)16-10/h5-9,12H,4,11H2,1-3H3/t5-,6-,7+,8-,9-/m1/s1. The maximum Gasteiger partial charge on any atom is 0.186 e. The molecule has 2 heterocycles. The number of hydrogen-bond donors (Lipinski definition) is 2. The van der Waals surface area contributed by atoms with Crippen molar-refractivity contribution < 1.29 is 24.1 Å². The Morgan fingerprint density at radius 3 is 2.50 bits per heavy atom. The summed E-state index contributed by atoms with van der Waals surface area (Å²) in [5, 5.41) is 9.99. The summed E-state index contributed by atoms with van der Waals surface area (Å²) in [5.41, 5.74) is 5.61. The summed E-state index contributed by atoms with van der Waals surface area (Å²) in [6.07, 6.45) is -2.70. The van der Waals surface area contributed by atoms with Gasteiger partial charge < -0.3 is 29.8 Å². The molecule has 2 aliphatic rings. The molecule has 16 heavy (non-hydrogen) atoms. The lowest BCUT2D eigenvalue weighted by Crippen LogP contribution is -2.58.